The molecule has 698 valence electrons. The van der Waals surface area contributed by atoms with Crippen LogP contribution in [-0.2, 0) is 25.7 Å². The molecule has 2 fully saturated rings. The average molecular weight is 1910 g/mol. The van der Waals surface area contributed by atoms with E-state index in [1.165, 1.54) is 450 Å². The summed E-state index contributed by atoms with van der Waals surface area (Å²) < 4.78 is 9.02. The summed E-state index contributed by atoms with van der Waals surface area (Å²) >= 11 is 0. The summed E-state index contributed by atoms with van der Waals surface area (Å²) in [6.45, 7) is 17.2. The molecule has 0 saturated heterocycles. The Morgan fingerprint density at radius 1 is 0.255 bits per heavy atom. The first-order valence-corrected chi connectivity index (χ1v) is 61.2. The highest BCUT2D eigenvalue weighted by molar-refractivity contribution is 7.90. The zero-order valence-corrected chi connectivity index (χ0v) is 88.2. The third-order valence-electron chi connectivity index (χ3n) is 32.8. The zero-order valence-electron chi connectivity index (χ0n) is 82.8. The quantitative estimate of drug-likeness (QED) is 0.0341. The van der Waals surface area contributed by atoms with Crippen molar-refractivity contribution in [1.29, 1.82) is 0 Å². The van der Waals surface area contributed by atoms with Gasteiger partial charge in [0.2, 0.25) is 0 Å². The molecule has 2 saturated carbocycles. The third kappa shape index (κ3) is 18.6. The summed E-state index contributed by atoms with van der Waals surface area (Å²) in [5, 5.41) is 4.86. The fourth-order valence-electron chi connectivity index (χ4n) is 25.9. The van der Waals surface area contributed by atoms with Crippen LogP contribution in [0.2, 0.25) is 0 Å². The van der Waals surface area contributed by atoms with E-state index in [1.807, 2.05) is 0 Å². The first-order chi connectivity index (χ1) is 67.7. The number of nitrogens with zero attached hydrogens (tertiary/aromatic N) is 3. The van der Waals surface area contributed by atoms with Crippen LogP contribution in [0.3, 0.4) is 0 Å². The van der Waals surface area contributed by atoms with Crippen molar-refractivity contribution in [1.82, 2.24) is 13.0 Å². The van der Waals surface area contributed by atoms with E-state index in [0.717, 1.165) is 25.7 Å². The van der Waals surface area contributed by atoms with Gasteiger partial charge in [0.15, 0.2) is 0 Å². The Labute approximate surface area is 830 Å². The number of benzene rings is 12. The molecule has 3 nitrogen and oxygen atoms in total. The van der Waals surface area contributed by atoms with E-state index in [4.69, 9.17) is 0 Å². The van der Waals surface area contributed by atoms with Gasteiger partial charge in [-0.05, 0) is 278 Å². The van der Waals surface area contributed by atoms with E-state index in [2.05, 4.69) is 298 Å². The standard InChI is InChI=1S/C128H141N3P6/c1-8-11-14-17-20-22-25-28-46-73-111-87(6)130(136-133-111)127-115(94-77-75-85(4)76-78-94)108-83-95-84-109(118-102-67-50-47-65-100(102)106-81-79-97(90-56-36-30-37-57-90)113(119(106)118)92-60-40-32-41-61-92)126(129-86(5)110(132-135-129)72-44-26-23-19-16-13-10-3)124(121-104-68-51-48-64-99(104)103-71-53-70-96(117(103)121)89-54-34-29-35-55-89)116(95)123(108)128(131-88(7)112(134-137-131)74-45-27-24-21-18-15-12-9-2)125(127)122-105-69-52-49-66-101(105)107-82-80-98(91-58-38-31-39-59-91)114(120(107)122)93-62-42-33-43-63-93/h29,31,33-35,38-39,42-43,47-55,58-59,62-71,75-82,84,90,92,118,121-122H,8-28,30,32,36-37,40-41,44-46,56-57,60-61,72-74,83H2,1-7H3. The lowest BCUT2D eigenvalue weighted by Crippen LogP contribution is -2.19. The summed E-state index contributed by atoms with van der Waals surface area (Å²) in [6.07, 6.45) is 48.7. The lowest BCUT2D eigenvalue weighted by Gasteiger charge is -2.35. The monoisotopic (exact) mass is 1910 g/mol. The highest BCUT2D eigenvalue weighted by atomic mass is 31.8. The van der Waals surface area contributed by atoms with Crippen LogP contribution >= 0.6 is 47.7 Å². The molecule has 3 unspecified atom stereocenters. The van der Waals surface area contributed by atoms with Gasteiger partial charge >= 0.3 is 0 Å². The van der Waals surface area contributed by atoms with Gasteiger partial charge in [-0.25, -0.2) is 0 Å². The van der Waals surface area contributed by atoms with Crippen molar-refractivity contribution in [3.63, 3.8) is 0 Å². The Kier molecular flexibility index (Phi) is 30.1. The molecule has 0 amide bonds. The van der Waals surface area contributed by atoms with Crippen LogP contribution in [0.15, 0.2) is 237 Å². The second kappa shape index (κ2) is 43.7. The summed E-state index contributed by atoms with van der Waals surface area (Å²) in [4.78, 5) is 0. The van der Waals surface area contributed by atoms with Crippen molar-refractivity contribution >= 4 is 47.7 Å². The van der Waals surface area contributed by atoms with Gasteiger partial charge in [0.05, 0.1) is 41.1 Å². The second-order valence-electron chi connectivity index (χ2n) is 41.5. The van der Waals surface area contributed by atoms with Crippen LogP contribution in [0.1, 0.15) is 380 Å². The van der Waals surface area contributed by atoms with Crippen molar-refractivity contribution < 1.29 is 0 Å². The molecule has 3 aromatic heterocycles. The molecule has 9 heteroatoms. The molecule has 6 aliphatic rings. The van der Waals surface area contributed by atoms with Gasteiger partial charge in [0.25, 0.3) is 0 Å². The molecule has 3 atom stereocenters. The fraction of sp³-hybridized carbons (Fsp3) is 0.391. The molecule has 0 radical (unpaired) electrons. The van der Waals surface area contributed by atoms with Crippen LogP contribution in [-0.4, -0.2) is 13.0 Å². The number of hydrogen-bond donors (Lipinski definition) is 0. The van der Waals surface area contributed by atoms with Crippen molar-refractivity contribution in [3.05, 3.63) is 347 Å². The Bertz CT molecular complexity index is 6790. The second-order valence-corrected chi connectivity index (χ2v) is 48.9. The Hall–Kier alpha value is -8.94. The molecular formula is C128H141N3P6. The van der Waals surface area contributed by atoms with E-state index in [1.54, 1.807) is 32.6 Å². The molecule has 0 aliphatic heterocycles. The van der Waals surface area contributed by atoms with Crippen LogP contribution in [0.4, 0.5) is 0 Å². The molecule has 6 aliphatic carbocycles. The predicted octanol–water partition coefficient (Wildman–Crippen LogP) is 41.6. The topological polar surface area (TPSA) is 14.8 Å². The molecule has 0 N–H and O–H groups in total. The normalized spacial score (nSPS) is 16.1. The average Bonchev–Trinajstić information content (AvgIpc) is 1.51. The molecule has 0 spiro atoms. The van der Waals surface area contributed by atoms with Gasteiger partial charge in [-0.2, -0.15) is 0 Å². The van der Waals surface area contributed by atoms with Gasteiger partial charge in [-0.3, -0.25) is 13.0 Å². The predicted molar refractivity (Wildman–Crippen MR) is 597 cm³/mol. The smallest absolute Gasteiger partial charge is 0.0641 e. The molecule has 0 bridgehead atoms. The Morgan fingerprint density at radius 3 is 1.15 bits per heavy atom. The van der Waals surface area contributed by atoms with E-state index in [9.17, 15) is 0 Å². The number of aromatic nitrogens is 3. The highest BCUT2D eigenvalue weighted by Gasteiger charge is 2.49. The lowest BCUT2D eigenvalue weighted by atomic mass is 9.70. The van der Waals surface area contributed by atoms with Crippen LogP contribution in [0, 0.1) is 27.7 Å². The summed E-state index contributed by atoms with van der Waals surface area (Å²) in [5.41, 5.74) is 51.7. The third-order valence-corrected chi connectivity index (χ3v) is 42.1. The maximum Gasteiger partial charge on any atom is 0.0641 e. The van der Waals surface area contributed by atoms with Crippen molar-refractivity contribution in [3.8, 4) is 106 Å². The largest absolute Gasteiger partial charge is 0.292 e. The summed E-state index contributed by atoms with van der Waals surface area (Å²) in [6, 6.07) is 96.0. The minimum Gasteiger partial charge on any atom is -0.292 e. The van der Waals surface area contributed by atoms with E-state index in [-0.39, 0.29) is 17.8 Å². The van der Waals surface area contributed by atoms with E-state index < -0.39 is 0 Å². The van der Waals surface area contributed by atoms with Gasteiger partial charge in [0.1, 0.15) is 0 Å². The number of hydrogen-bond acceptors (Lipinski definition) is 0. The first kappa shape index (κ1) is 94.3. The molecule has 21 rings (SSSR count). The maximum absolute atomic E-state index is 3.03. The van der Waals surface area contributed by atoms with Crippen LogP contribution in [0.5, 0.6) is 0 Å². The number of rotatable bonds is 39. The van der Waals surface area contributed by atoms with Crippen molar-refractivity contribution in [2.45, 2.75) is 322 Å². The lowest BCUT2D eigenvalue weighted by molar-refractivity contribution is 0.417. The van der Waals surface area contributed by atoms with Gasteiger partial charge in [-0.1, -0.05) is 436 Å². The number of fused-ring (bicyclic) bond motifs is 12. The SMILES string of the molecule is CCCCCCCCCCCc1ppn(-c2c(-c3ccc(C)cc3)c3c(c(-n4ppc(CCCCCCCCCC)c4C)c2C2c4ccccc4-c4ccc(-c5ccccc5)c(-c5ccccc5)c42)-c2c(cc(C4c5ccccc5-c5ccc(C6CCCCC6)c(C6CCCCC6)c54)c(-n4ppc(CCCCCCCCC)c4C)c2C2c4ccccc4-c4cccc(-c5ccccc5)c42)C3)c1C. The van der Waals surface area contributed by atoms with E-state index >= 15 is 0 Å². The Balaban J connectivity index is 0.943. The van der Waals surface area contributed by atoms with E-state index in [0.29, 0.717) is 11.8 Å². The minimum absolute atomic E-state index is 0.0278. The van der Waals surface area contributed by atoms with Crippen molar-refractivity contribution in [2.24, 2.45) is 0 Å². The zero-order chi connectivity index (χ0) is 92.8. The van der Waals surface area contributed by atoms with Crippen LogP contribution in [0.25, 0.3) is 106 Å². The maximum atomic E-state index is 3.03. The van der Waals surface area contributed by atoms with Gasteiger partial charge in [0, 0.05) is 67.4 Å². The highest BCUT2D eigenvalue weighted by Crippen LogP contribution is 2.67. The number of aryl methyl sites for hydroxylation is 4. The summed E-state index contributed by atoms with van der Waals surface area (Å²) in [7, 11) is 8.15. The molecule has 12 aromatic carbocycles. The first-order valence-electron chi connectivity index (χ1n) is 53.8. The molecule has 137 heavy (non-hydrogen) atoms. The molecule has 3 heterocycles. The molecule has 15 aromatic rings. The van der Waals surface area contributed by atoms with Crippen molar-refractivity contribution in [2.75, 3.05) is 0 Å². The van der Waals surface area contributed by atoms with Gasteiger partial charge in [-0.15, -0.1) is 0 Å². The van der Waals surface area contributed by atoms with Gasteiger partial charge < -0.3 is 0 Å². The Morgan fingerprint density at radius 2 is 0.642 bits per heavy atom. The summed E-state index contributed by atoms with van der Waals surface area (Å²) in [5.74, 6) is 0.638. The molecular weight excluding hydrogens is 1770 g/mol. The number of unbranched alkanes of at least 4 members (excludes halogenated alkanes) is 21. The van der Waals surface area contributed by atoms with Crippen LogP contribution < -0.4 is 0 Å². The minimum atomic E-state index is -0.223. The fourth-order valence-corrected chi connectivity index (χ4v) is 35.9.